The Morgan fingerprint density at radius 1 is 1.07 bits per heavy atom. The fraction of sp³-hybridized carbons (Fsp3) is 0.350. The van der Waals surface area contributed by atoms with Crippen LogP contribution >= 0.6 is 0 Å². The summed E-state index contributed by atoms with van der Waals surface area (Å²) >= 11 is -0.414. The van der Waals surface area contributed by atoms with Gasteiger partial charge in [0.05, 0.1) is 0 Å². The van der Waals surface area contributed by atoms with Crippen LogP contribution in [0.25, 0.3) is 0 Å². The molecule has 0 radical (unpaired) electrons. The quantitative estimate of drug-likeness (QED) is 0.653. The van der Waals surface area contributed by atoms with Crippen LogP contribution in [0.2, 0.25) is 4.82 Å². The first-order chi connectivity index (χ1) is 12.6. The molecule has 0 saturated heterocycles. The number of rotatable bonds is 7. The van der Waals surface area contributed by atoms with E-state index in [2.05, 4.69) is 5.32 Å². The second-order valence-corrected chi connectivity index (χ2v) is 9.10. The van der Waals surface area contributed by atoms with Crippen molar-refractivity contribution < 1.29 is 22.7 Å². The zero-order chi connectivity index (χ0) is 20.1. The zero-order valence-electron chi connectivity index (χ0n) is 15.3. The van der Waals surface area contributed by atoms with Gasteiger partial charge in [-0.25, -0.2) is 0 Å². The normalized spacial score (nSPS) is 13.3. The number of halogens is 3. The Morgan fingerprint density at radius 3 is 2.26 bits per heavy atom. The molecule has 3 nitrogen and oxygen atoms in total. The van der Waals surface area contributed by atoms with Crippen LogP contribution in [-0.4, -0.2) is 39.2 Å². The van der Waals surface area contributed by atoms with E-state index in [1.54, 1.807) is 12.1 Å². The van der Waals surface area contributed by atoms with Crippen molar-refractivity contribution in [2.75, 3.05) is 11.9 Å². The summed E-state index contributed by atoms with van der Waals surface area (Å²) in [6.45, 7) is 3.54. The molecule has 7 heteroatoms. The molecule has 1 unspecified atom stereocenters. The molecule has 0 aromatic heterocycles. The summed E-state index contributed by atoms with van der Waals surface area (Å²) in [5, 5.41) is 2.85. The van der Waals surface area contributed by atoms with E-state index in [-0.39, 0.29) is 5.91 Å². The summed E-state index contributed by atoms with van der Waals surface area (Å²) in [5.74, 6) is -0.347. The van der Waals surface area contributed by atoms with Crippen LogP contribution in [0.4, 0.5) is 18.9 Å². The van der Waals surface area contributed by atoms with Crippen molar-refractivity contribution in [2.45, 2.75) is 37.4 Å². The molecule has 0 saturated carbocycles. The average Bonchev–Trinajstić information content (AvgIpc) is 2.60. The third kappa shape index (κ3) is 6.69. The monoisotopic (exact) mass is 445 g/mol. The average molecular weight is 444 g/mol. The molecule has 0 heterocycles. The number of benzene rings is 2. The predicted molar refractivity (Wildman–Crippen MR) is 101 cm³/mol. The minimum absolute atomic E-state index is 0.347. The molecule has 146 valence electrons. The van der Waals surface area contributed by atoms with Gasteiger partial charge in [-0.2, -0.15) is 0 Å². The van der Waals surface area contributed by atoms with E-state index in [1.807, 2.05) is 49.4 Å². The molecule has 0 spiro atoms. The van der Waals surface area contributed by atoms with Crippen molar-refractivity contribution in [2.24, 2.45) is 0 Å². The number of para-hydroxylation sites is 1. The maximum absolute atomic E-state index is 13.0. The van der Waals surface area contributed by atoms with Crippen molar-refractivity contribution in [1.82, 2.24) is 0 Å². The molecule has 1 amide bonds. The van der Waals surface area contributed by atoms with Crippen LogP contribution in [0.15, 0.2) is 54.6 Å². The van der Waals surface area contributed by atoms with Gasteiger partial charge in [0, 0.05) is 0 Å². The number of anilines is 1. The predicted octanol–water partition coefficient (Wildman–Crippen LogP) is 4.11. The van der Waals surface area contributed by atoms with Crippen LogP contribution < -0.4 is 9.78 Å². The van der Waals surface area contributed by atoms with Gasteiger partial charge in [0.2, 0.25) is 0 Å². The topological polar surface area (TPSA) is 38.3 Å². The Bertz CT molecular complexity index is 763. The fourth-order valence-electron chi connectivity index (χ4n) is 2.40. The van der Waals surface area contributed by atoms with Crippen LogP contribution in [0.3, 0.4) is 0 Å². The number of nitrogens with one attached hydrogen (secondary N) is 1. The van der Waals surface area contributed by atoms with Crippen molar-refractivity contribution in [3.63, 3.8) is 0 Å². The van der Waals surface area contributed by atoms with Gasteiger partial charge in [-0.15, -0.1) is 0 Å². The van der Waals surface area contributed by atoms with E-state index in [1.165, 1.54) is 13.8 Å². The summed E-state index contributed by atoms with van der Waals surface area (Å²) in [7, 11) is 0. The summed E-state index contributed by atoms with van der Waals surface area (Å²) in [6, 6.07) is 16.6. The third-order valence-corrected chi connectivity index (χ3v) is 7.15. The second kappa shape index (κ2) is 8.91. The molecular weight excluding hydrogens is 422 g/mol. The Kier molecular flexibility index (Phi) is 7.09. The molecule has 0 aliphatic carbocycles. The van der Waals surface area contributed by atoms with Crippen LogP contribution in [0.5, 0.6) is 0 Å². The van der Waals surface area contributed by atoms with Crippen LogP contribution in [0, 0.1) is 6.92 Å². The SMILES string of the molecule is Cc1ccccc1NC(=O)C([Se]c1ccccc1)C(C)(C)OCC(F)(F)F. The number of alkyl halides is 3. The molecule has 1 atom stereocenters. The van der Waals surface area contributed by atoms with Gasteiger partial charge in [0.25, 0.3) is 0 Å². The van der Waals surface area contributed by atoms with Gasteiger partial charge in [-0.05, 0) is 0 Å². The maximum atomic E-state index is 13.0. The summed E-state index contributed by atoms with van der Waals surface area (Å²) in [4.78, 5) is 12.2. The number of ether oxygens (including phenoxy) is 1. The molecule has 2 aromatic carbocycles. The van der Waals surface area contributed by atoms with E-state index < -0.39 is 38.2 Å². The van der Waals surface area contributed by atoms with Gasteiger partial charge < -0.3 is 0 Å². The Labute approximate surface area is 163 Å². The fourth-order valence-corrected chi connectivity index (χ4v) is 4.72. The van der Waals surface area contributed by atoms with Crippen molar-refractivity contribution in [1.29, 1.82) is 0 Å². The van der Waals surface area contributed by atoms with Crippen LogP contribution in [0.1, 0.15) is 19.4 Å². The molecule has 27 heavy (non-hydrogen) atoms. The second-order valence-electron chi connectivity index (χ2n) is 6.62. The Morgan fingerprint density at radius 2 is 1.67 bits per heavy atom. The molecule has 0 aliphatic heterocycles. The van der Waals surface area contributed by atoms with Crippen molar-refractivity contribution >= 4 is 31.0 Å². The molecule has 2 aromatic rings. The molecule has 0 aliphatic rings. The van der Waals surface area contributed by atoms with E-state index in [4.69, 9.17) is 4.74 Å². The number of aryl methyl sites for hydroxylation is 1. The summed E-state index contributed by atoms with van der Waals surface area (Å²) < 4.78 is 44.0. The van der Waals surface area contributed by atoms with Gasteiger partial charge in [0.1, 0.15) is 0 Å². The Balaban J connectivity index is 2.25. The van der Waals surface area contributed by atoms with Crippen molar-refractivity contribution in [3.8, 4) is 0 Å². The number of hydrogen-bond acceptors (Lipinski definition) is 2. The van der Waals surface area contributed by atoms with E-state index >= 15 is 0 Å². The minimum atomic E-state index is -4.45. The molecule has 0 bridgehead atoms. The van der Waals surface area contributed by atoms with Crippen molar-refractivity contribution in [3.05, 3.63) is 60.2 Å². The number of carbonyl (C=O) groups is 1. The van der Waals surface area contributed by atoms with E-state index in [9.17, 15) is 18.0 Å². The zero-order valence-corrected chi connectivity index (χ0v) is 17.1. The first-order valence-corrected chi connectivity index (χ1v) is 10.2. The molecule has 1 N–H and O–H groups in total. The Hall–Kier alpha value is -1.82. The molecular formula is C20H22F3NO2Se. The molecule has 2 rings (SSSR count). The number of carbonyl (C=O) groups excluding carboxylic acids is 1. The van der Waals surface area contributed by atoms with Gasteiger partial charge in [-0.1, -0.05) is 0 Å². The first-order valence-electron chi connectivity index (χ1n) is 8.37. The van der Waals surface area contributed by atoms with E-state index in [0.717, 1.165) is 10.0 Å². The van der Waals surface area contributed by atoms with E-state index in [0.29, 0.717) is 5.69 Å². The molecule has 0 fully saturated rings. The standard InChI is InChI=1S/C20H22F3NO2Se/c1-14-9-7-8-12-16(14)24-18(25)17(27-15-10-5-4-6-11-15)19(2,3)26-13-20(21,22)23/h4-12,17H,13H2,1-3H3,(H,24,25). The summed E-state index contributed by atoms with van der Waals surface area (Å²) in [6.07, 6.45) is -4.45. The number of hydrogen-bond donors (Lipinski definition) is 1. The van der Waals surface area contributed by atoms with Gasteiger partial charge in [-0.3, -0.25) is 0 Å². The first kappa shape index (κ1) is 21.5. The van der Waals surface area contributed by atoms with Crippen LogP contribution in [-0.2, 0) is 9.53 Å². The van der Waals surface area contributed by atoms with Gasteiger partial charge >= 0.3 is 163 Å². The summed E-state index contributed by atoms with van der Waals surface area (Å²) in [5.41, 5.74) is 0.242. The third-order valence-electron chi connectivity index (χ3n) is 3.88. The number of amides is 1. The van der Waals surface area contributed by atoms with Gasteiger partial charge in [0.15, 0.2) is 0 Å².